The van der Waals surface area contributed by atoms with Crippen LogP contribution in [-0.4, -0.2) is 25.2 Å². The Bertz CT molecular complexity index is 235. The van der Waals surface area contributed by atoms with E-state index in [-0.39, 0.29) is 0 Å². The molecule has 0 saturated heterocycles. The molecule has 2 heteroatoms. The molecule has 2 nitrogen and oxygen atoms in total. The van der Waals surface area contributed by atoms with Gasteiger partial charge in [-0.05, 0) is 89.1 Å². The molecule has 2 N–H and O–H groups in total. The smallest absolute Gasteiger partial charge is 0.00672 e. The van der Waals surface area contributed by atoms with Gasteiger partial charge in [-0.1, -0.05) is 26.7 Å². The quantitative estimate of drug-likeness (QED) is 0.593. The third kappa shape index (κ3) is 7.46. The van der Waals surface area contributed by atoms with Gasteiger partial charge in [-0.15, -0.1) is 0 Å². The summed E-state index contributed by atoms with van der Waals surface area (Å²) in [6.07, 6.45) is 16.9. The third-order valence-corrected chi connectivity index (χ3v) is 6.00. The highest BCUT2D eigenvalue weighted by Gasteiger charge is 2.17. The number of rotatable bonds is 9. The minimum atomic E-state index is 0.826. The van der Waals surface area contributed by atoms with Gasteiger partial charge in [0.05, 0.1) is 0 Å². The first-order valence-electron chi connectivity index (χ1n) is 10.2. The Kier molecular flexibility index (Phi) is 8.84. The van der Waals surface area contributed by atoms with Gasteiger partial charge in [0.1, 0.15) is 0 Å². The van der Waals surface area contributed by atoms with Crippen LogP contribution in [0.5, 0.6) is 0 Å². The molecule has 0 aromatic rings. The molecule has 2 saturated carbocycles. The number of nitrogens with one attached hydrogen (secondary N) is 2. The zero-order valence-corrected chi connectivity index (χ0v) is 15.2. The zero-order chi connectivity index (χ0) is 15.6. The number of hydrogen-bond donors (Lipinski definition) is 2. The maximum Gasteiger partial charge on any atom is 0.00672 e. The summed E-state index contributed by atoms with van der Waals surface area (Å²) in [6.45, 7) is 7.29. The molecule has 0 aromatic carbocycles. The molecule has 0 aliphatic heterocycles. The summed E-state index contributed by atoms with van der Waals surface area (Å²) in [5, 5.41) is 7.55. The molecule has 0 amide bonds. The Hall–Kier alpha value is -0.0800. The first-order valence-corrected chi connectivity index (χ1v) is 10.2. The summed E-state index contributed by atoms with van der Waals surface area (Å²) in [4.78, 5) is 0. The topological polar surface area (TPSA) is 24.1 Å². The maximum absolute atomic E-state index is 3.77. The van der Waals surface area contributed by atoms with Crippen LogP contribution in [0.25, 0.3) is 0 Å². The summed E-state index contributed by atoms with van der Waals surface area (Å²) in [5.74, 6) is 1.94. The molecule has 0 atom stereocenters. The molecule has 0 aromatic heterocycles. The van der Waals surface area contributed by atoms with Crippen molar-refractivity contribution in [2.45, 2.75) is 103 Å². The minimum Gasteiger partial charge on any atom is -0.314 e. The van der Waals surface area contributed by atoms with Gasteiger partial charge in [-0.2, -0.15) is 0 Å². The number of unbranched alkanes of at least 4 members (excludes halogenated alkanes) is 3. The summed E-state index contributed by atoms with van der Waals surface area (Å²) in [7, 11) is 0. The molecule has 0 heterocycles. The van der Waals surface area contributed by atoms with E-state index in [0.717, 1.165) is 23.9 Å². The first-order chi connectivity index (χ1) is 10.7. The highest BCUT2D eigenvalue weighted by atomic mass is 14.9. The van der Waals surface area contributed by atoms with Crippen LogP contribution >= 0.6 is 0 Å². The van der Waals surface area contributed by atoms with E-state index in [4.69, 9.17) is 0 Å². The summed E-state index contributed by atoms with van der Waals surface area (Å²) in [5.41, 5.74) is 0. The molecule has 0 spiro atoms. The van der Waals surface area contributed by atoms with Gasteiger partial charge in [-0.3, -0.25) is 0 Å². The predicted octanol–water partition coefficient (Wildman–Crippen LogP) is 4.88. The van der Waals surface area contributed by atoms with Crippen molar-refractivity contribution in [2.24, 2.45) is 11.8 Å². The second kappa shape index (κ2) is 10.6. The lowest BCUT2D eigenvalue weighted by atomic mass is 9.87. The van der Waals surface area contributed by atoms with Gasteiger partial charge in [-0.25, -0.2) is 0 Å². The van der Waals surface area contributed by atoms with Gasteiger partial charge in [0.25, 0.3) is 0 Å². The largest absolute Gasteiger partial charge is 0.314 e. The normalized spacial score (nSPS) is 33.0. The molecule has 2 aliphatic carbocycles. The lowest BCUT2D eigenvalue weighted by molar-refractivity contribution is 0.303. The molecule has 22 heavy (non-hydrogen) atoms. The Labute approximate surface area is 139 Å². The Morgan fingerprint density at radius 2 is 0.909 bits per heavy atom. The van der Waals surface area contributed by atoms with Crippen molar-refractivity contribution in [3.63, 3.8) is 0 Å². The van der Waals surface area contributed by atoms with Crippen molar-refractivity contribution in [1.29, 1.82) is 0 Å². The van der Waals surface area contributed by atoms with Crippen LogP contribution in [-0.2, 0) is 0 Å². The summed E-state index contributed by atoms with van der Waals surface area (Å²) < 4.78 is 0. The fourth-order valence-corrected chi connectivity index (χ4v) is 4.14. The molecule has 2 rings (SSSR count). The fourth-order valence-electron chi connectivity index (χ4n) is 4.14. The van der Waals surface area contributed by atoms with Crippen LogP contribution in [0.3, 0.4) is 0 Å². The van der Waals surface area contributed by atoms with Gasteiger partial charge < -0.3 is 10.6 Å². The van der Waals surface area contributed by atoms with Crippen LogP contribution in [0, 0.1) is 11.8 Å². The fraction of sp³-hybridized carbons (Fsp3) is 1.00. The van der Waals surface area contributed by atoms with Crippen molar-refractivity contribution in [2.75, 3.05) is 13.1 Å². The average molecular weight is 309 g/mol. The van der Waals surface area contributed by atoms with E-state index >= 15 is 0 Å². The van der Waals surface area contributed by atoms with Gasteiger partial charge >= 0.3 is 0 Å². The summed E-state index contributed by atoms with van der Waals surface area (Å²) >= 11 is 0. The maximum atomic E-state index is 3.77. The van der Waals surface area contributed by atoms with Crippen molar-refractivity contribution in [3.8, 4) is 0 Å². The van der Waals surface area contributed by atoms with E-state index in [1.165, 1.54) is 90.1 Å². The Morgan fingerprint density at radius 3 is 1.27 bits per heavy atom. The molecule has 2 fully saturated rings. The second-order valence-corrected chi connectivity index (χ2v) is 8.24. The van der Waals surface area contributed by atoms with Gasteiger partial charge in [0.15, 0.2) is 0 Å². The lowest BCUT2D eigenvalue weighted by Crippen LogP contribution is -2.33. The Balaban J connectivity index is 1.34. The summed E-state index contributed by atoms with van der Waals surface area (Å²) in [6, 6.07) is 1.65. The molecular weight excluding hydrogens is 268 g/mol. The van der Waals surface area contributed by atoms with E-state index < -0.39 is 0 Å². The van der Waals surface area contributed by atoms with E-state index in [1.54, 1.807) is 0 Å². The Morgan fingerprint density at radius 1 is 0.545 bits per heavy atom. The van der Waals surface area contributed by atoms with E-state index in [9.17, 15) is 0 Å². The van der Waals surface area contributed by atoms with Crippen LogP contribution < -0.4 is 10.6 Å². The first kappa shape index (κ1) is 18.3. The van der Waals surface area contributed by atoms with Crippen LogP contribution in [0.1, 0.15) is 90.9 Å². The molecule has 0 radical (unpaired) electrons. The molecule has 0 bridgehead atoms. The minimum absolute atomic E-state index is 0.826. The molecule has 130 valence electrons. The SMILES string of the molecule is CC1CCC(NCCCCCCNC2CCC(C)CC2)CC1. The molecule has 0 unspecified atom stereocenters. The second-order valence-electron chi connectivity index (χ2n) is 8.24. The van der Waals surface area contributed by atoms with E-state index in [0.29, 0.717) is 0 Å². The van der Waals surface area contributed by atoms with E-state index in [1.807, 2.05) is 0 Å². The van der Waals surface area contributed by atoms with E-state index in [2.05, 4.69) is 24.5 Å². The van der Waals surface area contributed by atoms with Crippen molar-refractivity contribution < 1.29 is 0 Å². The van der Waals surface area contributed by atoms with Crippen LogP contribution in [0.2, 0.25) is 0 Å². The average Bonchev–Trinajstić information content (AvgIpc) is 2.53. The van der Waals surface area contributed by atoms with Crippen molar-refractivity contribution >= 4 is 0 Å². The van der Waals surface area contributed by atoms with Crippen molar-refractivity contribution in [1.82, 2.24) is 10.6 Å². The monoisotopic (exact) mass is 308 g/mol. The zero-order valence-electron chi connectivity index (χ0n) is 15.2. The molecule has 2 aliphatic rings. The van der Waals surface area contributed by atoms with Crippen LogP contribution in [0.15, 0.2) is 0 Å². The lowest BCUT2D eigenvalue weighted by Gasteiger charge is -2.27. The highest BCUT2D eigenvalue weighted by Crippen LogP contribution is 2.24. The standard InChI is InChI=1S/C20H40N2/c1-17-7-11-19(12-8-17)21-15-5-3-4-6-16-22-20-13-9-18(2)10-14-20/h17-22H,3-16H2,1-2H3. The predicted molar refractivity (Wildman–Crippen MR) is 97.3 cm³/mol. The van der Waals surface area contributed by atoms with Crippen LogP contribution in [0.4, 0.5) is 0 Å². The highest BCUT2D eigenvalue weighted by molar-refractivity contribution is 4.76. The van der Waals surface area contributed by atoms with Crippen molar-refractivity contribution in [3.05, 3.63) is 0 Å². The molecular formula is C20H40N2. The third-order valence-electron chi connectivity index (χ3n) is 6.00. The van der Waals surface area contributed by atoms with Gasteiger partial charge in [0, 0.05) is 12.1 Å². The van der Waals surface area contributed by atoms with Gasteiger partial charge in [0.2, 0.25) is 0 Å². The number of hydrogen-bond acceptors (Lipinski definition) is 2.